The van der Waals surface area contributed by atoms with Crippen LogP contribution in [0.3, 0.4) is 0 Å². The molecule has 0 spiro atoms. The highest BCUT2D eigenvalue weighted by Gasteiger charge is 2.15. The predicted octanol–water partition coefficient (Wildman–Crippen LogP) is 2.92. The van der Waals surface area contributed by atoms with Crippen LogP contribution in [0.15, 0.2) is 42.0 Å². The Morgan fingerprint density at radius 1 is 1.20 bits per heavy atom. The smallest absolute Gasteiger partial charge is 0.292 e. The first-order valence-corrected chi connectivity index (χ1v) is 9.00. The van der Waals surface area contributed by atoms with Crippen LogP contribution in [0.25, 0.3) is 6.08 Å². The molecule has 0 unspecified atom stereocenters. The summed E-state index contributed by atoms with van der Waals surface area (Å²) in [6.07, 6.45) is 1.84. The Morgan fingerprint density at radius 3 is 2.53 bits per heavy atom. The summed E-state index contributed by atoms with van der Waals surface area (Å²) >= 11 is 0. The lowest BCUT2D eigenvalue weighted by Crippen LogP contribution is -2.26. The maximum atomic E-state index is 12.3. The van der Waals surface area contributed by atoms with Gasteiger partial charge in [0, 0.05) is 19.7 Å². The third kappa shape index (κ3) is 5.48. The van der Waals surface area contributed by atoms with Gasteiger partial charge in [0.25, 0.3) is 11.6 Å². The molecule has 0 aliphatic heterocycles. The molecule has 0 bridgehead atoms. The molecule has 0 heterocycles. The maximum absolute atomic E-state index is 12.3. The second-order valence-electron chi connectivity index (χ2n) is 6.15. The number of benzene rings is 2. The number of amides is 1. The van der Waals surface area contributed by atoms with Gasteiger partial charge in [-0.05, 0) is 41.8 Å². The van der Waals surface area contributed by atoms with E-state index in [1.807, 2.05) is 18.2 Å². The van der Waals surface area contributed by atoms with Crippen LogP contribution >= 0.6 is 0 Å². The monoisotopic (exact) mass is 410 g/mol. The number of ether oxygens (including phenoxy) is 2. The number of hydrogen-bond donors (Lipinski definition) is 2. The number of rotatable bonds is 9. The molecule has 0 aromatic heterocycles. The molecule has 0 radical (unpaired) electrons. The second-order valence-corrected chi connectivity index (χ2v) is 6.15. The van der Waals surface area contributed by atoms with E-state index >= 15 is 0 Å². The van der Waals surface area contributed by atoms with E-state index in [0.717, 1.165) is 5.56 Å². The molecule has 0 aliphatic carbocycles. The maximum Gasteiger partial charge on any atom is 0.292 e. The zero-order chi connectivity index (χ0) is 22.1. The van der Waals surface area contributed by atoms with Crippen molar-refractivity contribution < 1.29 is 19.2 Å². The molecule has 30 heavy (non-hydrogen) atoms. The molecule has 0 saturated heterocycles. The molecule has 0 aliphatic rings. The summed E-state index contributed by atoms with van der Waals surface area (Å²) in [7, 11) is 4.67. The van der Waals surface area contributed by atoms with E-state index in [2.05, 4.69) is 10.6 Å². The minimum atomic E-state index is -0.557. The number of methoxy groups -OCH3 is 2. The first kappa shape index (κ1) is 22.2. The van der Waals surface area contributed by atoms with Crippen LogP contribution in [0, 0.1) is 21.4 Å². The van der Waals surface area contributed by atoms with Crippen molar-refractivity contribution in [3.63, 3.8) is 0 Å². The van der Waals surface area contributed by atoms with E-state index in [1.165, 1.54) is 18.2 Å². The number of nitrogens with one attached hydrogen (secondary N) is 2. The zero-order valence-corrected chi connectivity index (χ0v) is 16.9. The number of anilines is 1. The molecular formula is C21H22N4O5. The Bertz CT molecular complexity index is 1010. The molecule has 0 saturated carbocycles. The number of nitrogens with zero attached hydrogens (tertiary/aromatic N) is 2. The SMILES string of the molecule is CNc1ccc(/C=C(\C#N)C(=O)NCCc2ccc(OC)c(OC)c2)cc1[N+](=O)[O-]. The summed E-state index contributed by atoms with van der Waals surface area (Å²) < 4.78 is 10.4. The molecule has 2 rings (SSSR count). The van der Waals surface area contributed by atoms with Crippen molar-refractivity contribution in [2.24, 2.45) is 0 Å². The summed E-state index contributed by atoms with van der Waals surface area (Å²) in [6.45, 7) is 0.298. The molecule has 1 amide bonds. The second kappa shape index (κ2) is 10.5. The molecule has 9 heteroatoms. The number of carbonyl (C=O) groups excluding carboxylic acids is 1. The van der Waals surface area contributed by atoms with Gasteiger partial charge in [-0.15, -0.1) is 0 Å². The van der Waals surface area contributed by atoms with Crippen LogP contribution in [0.1, 0.15) is 11.1 Å². The molecule has 156 valence electrons. The van der Waals surface area contributed by atoms with Crippen LogP contribution in [0.4, 0.5) is 11.4 Å². The number of nitro benzene ring substituents is 1. The molecule has 0 atom stereocenters. The van der Waals surface area contributed by atoms with Gasteiger partial charge in [-0.3, -0.25) is 14.9 Å². The average molecular weight is 410 g/mol. The molecule has 9 nitrogen and oxygen atoms in total. The largest absolute Gasteiger partial charge is 0.493 e. The molecule has 0 fully saturated rings. The highest BCUT2D eigenvalue weighted by molar-refractivity contribution is 6.01. The average Bonchev–Trinajstić information content (AvgIpc) is 2.76. The minimum absolute atomic E-state index is 0.141. The van der Waals surface area contributed by atoms with E-state index in [4.69, 9.17) is 9.47 Å². The van der Waals surface area contributed by atoms with Crippen LogP contribution in [-0.4, -0.2) is 38.6 Å². The topological polar surface area (TPSA) is 127 Å². The van der Waals surface area contributed by atoms with Crippen LogP contribution in [0.2, 0.25) is 0 Å². The Hall–Kier alpha value is -4.06. The third-order valence-electron chi connectivity index (χ3n) is 4.31. The fourth-order valence-corrected chi connectivity index (χ4v) is 2.77. The Morgan fingerprint density at radius 2 is 1.93 bits per heavy atom. The standard InChI is InChI=1S/C21H22N4O5/c1-23-17-6-4-15(11-18(17)25(27)28)10-16(13-22)21(26)24-9-8-14-5-7-19(29-2)20(12-14)30-3/h4-7,10-12,23H,8-9H2,1-3H3,(H,24,26)/b16-10+. The molecule has 2 aromatic rings. The number of carbonyl (C=O) groups is 1. The van der Waals surface area contributed by atoms with E-state index in [9.17, 15) is 20.2 Å². The summed E-state index contributed by atoms with van der Waals surface area (Å²) in [6, 6.07) is 11.7. The highest BCUT2D eigenvalue weighted by Crippen LogP contribution is 2.28. The predicted molar refractivity (Wildman–Crippen MR) is 112 cm³/mol. The molecular weight excluding hydrogens is 388 g/mol. The fourth-order valence-electron chi connectivity index (χ4n) is 2.77. The number of nitriles is 1. The number of nitro groups is 1. The van der Waals surface area contributed by atoms with Crippen molar-refractivity contribution in [2.45, 2.75) is 6.42 Å². The van der Waals surface area contributed by atoms with Gasteiger partial charge in [-0.25, -0.2) is 0 Å². The van der Waals surface area contributed by atoms with Crippen molar-refractivity contribution in [3.8, 4) is 17.6 Å². The van der Waals surface area contributed by atoms with Gasteiger partial charge in [-0.2, -0.15) is 5.26 Å². The van der Waals surface area contributed by atoms with Gasteiger partial charge >= 0.3 is 0 Å². The summed E-state index contributed by atoms with van der Waals surface area (Å²) in [5.74, 6) is 0.641. The van der Waals surface area contributed by atoms with Crippen molar-refractivity contribution >= 4 is 23.4 Å². The quantitative estimate of drug-likeness (QED) is 0.282. The van der Waals surface area contributed by atoms with Gasteiger partial charge in [-0.1, -0.05) is 12.1 Å². The first-order valence-electron chi connectivity index (χ1n) is 9.00. The van der Waals surface area contributed by atoms with Gasteiger partial charge in [0.15, 0.2) is 11.5 Å². The van der Waals surface area contributed by atoms with E-state index in [-0.39, 0.29) is 11.3 Å². The van der Waals surface area contributed by atoms with E-state index in [0.29, 0.717) is 35.7 Å². The van der Waals surface area contributed by atoms with Gasteiger partial charge in [0.1, 0.15) is 17.3 Å². The minimum Gasteiger partial charge on any atom is -0.493 e. The van der Waals surface area contributed by atoms with Crippen molar-refractivity contribution in [1.29, 1.82) is 5.26 Å². The highest BCUT2D eigenvalue weighted by atomic mass is 16.6. The molecule has 2 N–H and O–H groups in total. The Labute approximate surface area is 174 Å². The summed E-state index contributed by atoms with van der Waals surface area (Å²) in [5, 5.41) is 25.9. The third-order valence-corrected chi connectivity index (χ3v) is 4.31. The Balaban J connectivity index is 2.07. The van der Waals surface area contributed by atoms with Gasteiger partial charge < -0.3 is 20.1 Å². The zero-order valence-electron chi connectivity index (χ0n) is 16.9. The first-order chi connectivity index (χ1) is 14.4. The van der Waals surface area contributed by atoms with Crippen molar-refractivity contribution in [2.75, 3.05) is 33.1 Å². The van der Waals surface area contributed by atoms with Crippen LogP contribution in [-0.2, 0) is 11.2 Å². The lowest BCUT2D eigenvalue weighted by molar-refractivity contribution is -0.384. The summed E-state index contributed by atoms with van der Waals surface area (Å²) in [5.41, 5.74) is 1.36. The van der Waals surface area contributed by atoms with Crippen LogP contribution < -0.4 is 20.1 Å². The van der Waals surface area contributed by atoms with Gasteiger partial charge in [0.05, 0.1) is 19.1 Å². The van der Waals surface area contributed by atoms with Crippen molar-refractivity contribution in [1.82, 2.24) is 5.32 Å². The fraction of sp³-hybridized carbons (Fsp3) is 0.238. The van der Waals surface area contributed by atoms with Gasteiger partial charge in [0.2, 0.25) is 0 Å². The Kier molecular flexibility index (Phi) is 7.76. The van der Waals surface area contributed by atoms with Crippen molar-refractivity contribution in [3.05, 3.63) is 63.2 Å². The molecule has 2 aromatic carbocycles. The summed E-state index contributed by atoms with van der Waals surface area (Å²) in [4.78, 5) is 23.0. The van der Waals surface area contributed by atoms with E-state index in [1.54, 1.807) is 33.4 Å². The van der Waals surface area contributed by atoms with E-state index < -0.39 is 10.8 Å². The number of hydrogen-bond acceptors (Lipinski definition) is 7. The normalized spacial score (nSPS) is 10.7. The lowest BCUT2D eigenvalue weighted by Gasteiger charge is -2.10. The lowest BCUT2D eigenvalue weighted by atomic mass is 10.1. The van der Waals surface area contributed by atoms with Crippen LogP contribution in [0.5, 0.6) is 11.5 Å².